The summed E-state index contributed by atoms with van der Waals surface area (Å²) in [5.41, 5.74) is 17.4. The molecule has 0 amide bonds. The SMILES string of the molecule is Cc1c[n+](C)c(-c2c(C)ccc3c2oc2ncccc23)cc1-c1ccc2c(c1)C1c3ccccc3C2c2ccccc21. The second kappa shape index (κ2) is 8.50. The zero-order chi connectivity index (χ0) is 28.1. The zero-order valence-corrected chi connectivity index (χ0v) is 23.8. The maximum atomic E-state index is 6.40. The second-order valence-corrected chi connectivity index (χ2v) is 11.9. The van der Waals surface area contributed by atoms with Crippen molar-refractivity contribution in [3.05, 3.63) is 154 Å². The molecule has 0 unspecified atom stereocenters. The van der Waals surface area contributed by atoms with Gasteiger partial charge in [0.25, 0.3) is 0 Å². The van der Waals surface area contributed by atoms with E-state index in [1.54, 1.807) is 6.20 Å². The maximum absolute atomic E-state index is 6.40. The highest BCUT2D eigenvalue weighted by Gasteiger charge is 2.41. The van der Waals surface area contributed by atoms with Crippen molar-refractivity contribution in [2.24, 2.45) is 7.05 Å². The summed E-state index contributed by atoms with van der Waals surface area (Å²) in [6.07, 6.45) is 4.04. The van der Waals surface area contributed by atoms with Crippen molar-refractivity contribution in [3.8, 4) is 22.4 Å². The van der Waals surface area contributed by atoms with E-state index in [0.717, 1.165) is 27.6 Å². The van der Waals surface area contributed by atoms with E-state index in [-0.39, 0.29) is 5.92 Å². The van der Waals surface area contributed by atoms with Gasteiger partial charge in [0.05, 0.1) is 5.56 Å². The minimum absolute atomic E-state index is 0.260. The summed E-state index contributed by atoms with van der Waals surface area (Å²) in [5.74, 6) is 0.551. The molecular weight excluding hydrogens is 512 g/mol. The van der Waals surface area contributed by atoms with Gasteiger partial charge in [0.1, 0.15) is 7.05 Å². The summed E-state index contributed by atoms with van der Waals surface area (Å²) in [6, 6.07) is 36.0. The number of rotatable bonds is 2. The van der Waals surface area contributed by atoms with Gasteiger partial charge in [-0.15, -0.1) is 0 Å². The van der Waals surface area contributed by atoms with Crippen molar-refractivity contribution in [1.82, 2.24) is 4.98 Å². The van der Waals surface area contributed by atoms with Crippen LogP contribution in [0.3, 0.4) is 0 Å². The van der Waals surface area contributed by atoms with E-state index in [1.165, 1.54) is 55.6 Å². The quantitative estimate of drug-likeness (QED) is 0.205. The van der Waals surface area contributed by atoms with Crippen LogP contribution in [-0.2, 0) is 7.05 Å². The average molecular weight is 542 g/mol. The van der Waals surface area contributed by atoms with E-state index in [4.69, 9.17) is 4.42 Å². The Morgan fingerprint density at radius 2 is 1.31 bits per heavy atom. The van der Waals surface area contributed by atoms with Crippen LogP contribution in [0.15, 0.2) is 114 Å². The van der Waals surface area contributed by atoms with Crippen LogP contribution in [0.5, 0.6) is 0 Å². The van der Waals surface area contributed by atoms with E-state index < -0.39 is 0 Å². The van der Waals surface area contributed by atoms with E-state index >= 15 is 0 Å². The lowest BCUT2D eigenvalue weighted by atomic mass is 9.61. The molecule has 42 heavy (non-hydrogen) atoms. The van der Waals surface area contributed by atoms with Gasteiger partial charge < -0.3 is 4.42 Å². The van der Waals surface area contributed by atoms with Crippen LogP contribution >= 0.6 is 0 Å². The largest absolute Gasteiger partial charge is 0.437 e. The van der Waals surface area contributed by atoms with Gasteiger partial charge in [-0.2, -0.15) is 0 Å². The topological polar surface area (TPSA) is 29.9 Å². The lowest BCUT2D eigenvalue weighted by molar-refractivity contribution is -0.660. The third-order valence-electron chi connectivity index (χ3n) is 9.61. The van der Waals surface area contributed by atoms with Crippen molar-refractivity contribution in [2.45, 2.75) is 25.7 Å². The fourth-order valence-electron chi connectivity index (χ4n) is 7.77. The monoisotopic (exact) mass is 541 g/mol. The number of fused-ring (bicyclic) bond motifs is 3. The van der Waals surface area contributed by atoms with E-state index in [9.17, 15) is 0 Å². The molecule has 0 atom stereocenters. The third kappa shape index (κ3) is 3.11. The molecule has 0 spiro atoms. The Bertz CT molecular complexity index is 2210. The molecular formula is C39H29N2O+. The molecule has 0 saturated heterocycles. The zero-order valence-electron chi connectivity index (χ0n) is 23.8. The highest BCUT2D eigenvalue weighted by Crippen LogP contribution is 2.56. The number of aryl methyl sites for hydroxylation is 3. The van der Waals surface area contributed by atoms with Crippen LogP contribution < -0.4 is 4.57 Å². The number of benzene rings is 4. The first-order valence-electron chi connectivity index (χ1n) is 14.7. The summed E-state index contributed by atoms with van der Waals surface area (Å²) in [6.45, 7) is 4.38. The minimum atomic E-state index is 0.260. The molecule has 0 saturated carbocycles. The van der Waals surface area contributed by atoms with Gasteiger partial charge in [-0.05, 0) is 82.1 Å². The van der Waals surface area contributed by atoms with Gasteiger partial charge in [0.15, 0.2) is 11.8 Å². The van der Waals surface area contributed by atoms with Gasteiger partial charge in [-0.25, -0.2) is 9.55 Å². The molecule has 3 aliphatic rings. The fraction of sp³-hybridized carbons (Fsp3) is 0.128. The van der Waals surface area contributed by atoms with Crippen molar-refractivity contribution in [1.29, 1.82) is 0 Å². The normalized spacial score (nSPS) is 16.5. The van der Waals surface area contributed by atoms with Gasteiger partial charge in [-0.3, -0.25) is 0 Å². The van der Waals surface area contributed by atoms with Crippen molar-refractivity contribution < 1.29 is 8.98 Å². The molecule has 0 fully saturated rings. The summed E-state index contributed by atoms with van der Waals surface area (Å²) in [5, 5.41) is 2.15. The summed E-state index contributed by atoms with van der Waals surface area (Å²) < 4.78 is 8.63. The lowest BCUT2D eigenvalue weighted by Gasteiger charge is -2.42. The van der Waals surface area contributed by atoms with Crippen molar-refractivity contribution in [3.63, 3.8) is 0 Å². The Balaban J connectivity index is 1.25. The highest BCUT2D eigenvalue weighted by atomic mass is 16.3. The molecule has 3 nitrogen and oxygen atoms in total. The van der Waals surface area contributed by atoms with Crippen LogP contribution in [0.2, 0.25) is 0 Å². The number of aromatic nitrogens is 2. The Labute approximate surface area is 244 Å². The summed E-state index contributed by atoms with van der Waals surface area (Å²) in [7, 11) is 2.13. The predicted molar refractivity (Wildman–Crippen MR) is 168 cm³/mol. The predicted octanol–water partition coefficient (Wildman–Crippen LogP) is 8.74. The van der Waals surface area contributed by atoms with Gasteiger partial charge in [0, 0.05) is 40.4 Å². The molecule has 200 valence electrons. The lowest BCUT2D eigenvalue weighted by Crippen LogP contribution is -2.31. The van der Waals surface area contributed by atoms with Crippen LogP contribution in [0.1, 0.15) is 56.3 Å². The van der Waals surface area contributed by atoms with Gasteiger partial charge >= 0.3 is 0 Å². The molecule has 4 aromatic carbocycles. The molecule has 3 heteroatoms. The standard InChI is InChI=1S/C39H29N2O/c1-22-14-16-30-31-13-8-18-40-39(31)42-38(30)35(22)34-20-32(23(2)21-41(34)3)24-15-17-29-33(19-24)37-27-11-6-4-9-25(27)36(29)26-10-5-7-12-28(26)37/h4-21,36-37H,1-3H3/q+1. The number of nitrogens with zero attached hydrogens (tertiary/aromatic N) is 2. The van der Waals surface area contributed by atoms with E-state index in [0.29, 0.717) is 11.6 Å². The third-order valence-corrected chi connectivity index (χ3v) is 9.61. The molecule has 3 aromatic heterocycles. The molecule has 3 aliphatic carbocycles. The number of furan rings is 1. The first-order valence-corrected chi connectivity index (χ1v) is 14.7. The fourth-order valence-corrected chi connectivity index (χ4v) is 7.77. The van der Waals surface area contributed by atoms with E-state index in [1.807, 2.05) is 6.07 Å². The molecule has 0 aliphatic heterocycles. The van der Waals surface area contributed by atoms with Crippen molar-refractivity contribution in [2.75, 3.05) is 0 Å². The van der Waals surface area contributed by atoms with Crippen LogP contribution in [-0.4, -0.2) is 4.98 Å². The van der Waals surface area contributed by atoms with Gasteiger partial charge in [0.2, 0.25) is 11.4 Å². The Morgan fingerprint density at radius 1 is 0.643 bits per heavy atom. The molecule has 7 aromatic rings. The van der Waals surface area contributed by atoms with Crippen LogP contribution in [0, 0.1) is 13.8 Å². The van der Waals surface area contributed by atoms with E-state index in [2.05, 4.69) is 128 Å². The number of hydrogen-bond acceptors (Lipinski definition) is 2. The number of pyridine rings is 2. The molecule has 0 N–H and O–H groups in total. The molecule has 10 rings (SSSR count). The van der Waals surface area contributed by atoms with Gasteiger partial charge in [-0.1, -0.05) is 72.8 Å². The summed E-state index contributed by atoms with van der Waals surface area (Å²) >= 11 is 0. The highest BCUT2D eigenvalue weighted by molar-refractivity contribution is 6.08. The maximum Gasteiger partial charge on any atom is 0.227 e. The Kier molecular flexibility index (Phi) is 4.79. The smallest absolute Gasteiger partial charge is 0.227 e. The summed E-state index contributed by atoms with van der Waals surface area (Å²) in [4.78, 5) is 4.50. The Hall–Kier alpha value is -5.02. The molecule has 0 radical (unpaired) electrons. The first-order chi connectivity index (χ1) is 20.6. The second-order valence-electron chi connectivity index (χ2n) is 11.9. The first kappa shape index (κ1) is 23.7. The molecule has 3 heterocycles. The van der Waals surface area contributed by atoms with Crippen LogP contribution in [0.4, 0.5) is 0 Å². The minimum Gasteiger partial charge on any atom is -0.437 e. The van der Waals surface area contributed by atoms with Crippen molar-refractivity contribution >= 4 is 22.1 Å². The van der Waals surface area contributed by atoms with Crippen LogP contribution in [0.25, 0.3) is 44.5 Å². The average Bonchev–Trinajstić information content (AvgIpc) is 3.39. The number of hydrogen-bond donors (Lipinski definition) is 0. The Morgan fingerprint density at radius 3 is 2.02 bits per heavy atom. The molecule has 2 bridgehead atoms.